The minimum Gasteiger partial charge on any atom is -0.350 e. The Labute approximate surface area is 117 Å². The summed E-state index contributed by atoms with van der Waals surface area (Å²) < 4.78 is 12.9. The molecule has 5 atom stereocenters. The monoisotopic (exact) mass is 264 g/mol. The van der Waals surface area contributed by atoms with Crippen LogP contribution in [0.5, 0.6) is 0 Å². The first kappa shape index (κ1) is 12.6. The zero-order valence-electron chi connectivity index (χ0n) is 12.7. The average molecular weight is 264 g/mol. The first-order valence-corrected chi connectivity index (χ1v) is 8.30. The molecule has 2 heteroatoms. The summed E-state index contributed by atoms with van der Waals surface area (Å²) in [7, 11) is 0. The van der Waals surface area contributed by atoms with Gasteiger partial charge >= 0.3 is 0 Å². The second-order valence-electron chi connectivity index (χ2n) is 8.26. The summed E-state index contributed by atoms with van der Waals surface area (Å²) in [5.74, 6) is 1.35. The Bertz CT molecular complexity index is 379. The van der Waals surface area contributed by atoms with E-state index in [0.717, 1.165) is 18.9 Å². The minimum atomic E-state index is -0.186. The molecular weight excluding hydrogens is 236 g/mol. The van der Waals surface area contributed by atoms with Crippen molar-refractivity contribution in [1.82, 2.24) is 0 Å². The van der Waals surface area contributed by atoms with Gasteiger partial charge in [0.25, 0.3) is 0 Å². The molecule has 108 valence electrons. The Balaban J connectivity index is 1.59. The standard InChI is InChI=1S/C17H28O2/c1-15(2)13-6-9-16(15,3)14(11-13)19-17-8-4-5-12(17)7-10-18-17/h12-14H,4-11H2,1-3H3. The van der Waals surface area contributed by atoms with Gasteiger partial charge in [-0.25, -0.2) is 0 Å². The lowest BCUT2D eigenvalue weighted by Gasteiger charge is -2.43. The predicted octanol–water partition coefficient (Wildman–Crippen LogP) is 4.13. The van der Waals surface area contributed by atoms with Gasteiger partial charge in [-0.1, -0.05) is 20.8 Å². The van der Waals surface area contributed by atoms with Crippen LogP contribution in [0.2, 0.25) is 0 Å². The van der Waals surface area contributed by atoms with Crippen LogP contribution in [0.15, 0.2) is 0 Å². The number of fused-ring (bicyclic) bond motifs is 3. The maximum absolute atomic E-state index is 6.73. The summed E-state index contributed by atoms with van der Waals surface area (Å²) >= 11 is 0. The normalized spacial score (nSPS) is 54.8. The van der Waals surface area contributed by atoms with E-state index in [1.54, 1.807) is 0 Å². The van der Waals surface area contributed by atoms with Gasteiger partial charge in [0.2, 0.25) is 0 Å². The molecule has 0 N–H and O–H groups in total. The minimum absolute atomic E-state index is 0.186. The van der Waals surface area contributed by atoms with E-state index in [2.05, 4.69) is 20.8 Å². The molecule has 4 rings (SSSR count). The maximum Gasteiger partial charge on any atom is 0.171 e. The summed E-state index contributed by atoms with van der Waals surface area (Å²) in [5.41, 5.74) is 0.812. The second-order valence-corrected chi connectivity index (χ2v) is 8.26. The summed E-state index contributed by atoms with van der Waals surface area (Å²) in [6.07, 6.45) is 9.40. The van der Waals surface area contributed by atoms with E-state index in [4.69, 9.17) is 9.47 Å². The summed E-state index contributed by atoms with van der Waals surface area (Å²) in [5, 5.41) is 0. The van der Waals surface area contributed by atoms with Gasteiger partial charge in [-0.3, -0.25) is 0 Å². The SMILES string of the molecule is CC1(C)C2CCC1(C)C(OC13CCCC1CCO3)C2. The lowest BCUT2D eigenvalue weighted by Crippen LogP contribution is -2.45. The van der Waals surface area contributed by atoms with Gasteiger partial charge in [0.1, 0.15) is 0 Å². The van der Waals surface area contributed by atoms with Crippen molar-refractivity contribution in [2.24, 2.45) is 22.7 Å². The highest BCUT2D eigenvalue weighted by atomic mass is 16.7. The van der Waals surface area contributed by atoms with Crippen molar-refractivity contribution in [3.05, 3.63) is 0 Å². The van der Waals surface area contributed by atoms with Crippen LogP contribution in [0.25, 0.3) is 0 Å². The van der Waals surface area contributed by atoms with E-state index in [0.29, 0.717) is 22.9 Å². The summed E-state index contributed by atoms with van der Waals surface area (Å²) in [6, 6.07) is 0. The Morgan fingerprint density at radius 3 is 2.53 bits per heavy atom. The van der Waals surface area contributed by atoms with Gasteiger partial charge in [-0.05, 0) is 55.3 Å². The van der Waals surface area contributed by atoms with Crippen LogP contribution in [-0.4, -0.2) is 18.5 Å². The Morgan fingerprint density at radius 1 is 1.00 bits per heavy atom. The van der Waals surface area contributed by atoms with E-state index in [-0.39, 0.29) is 5.79 Å². The smallest absolute Gasteiger partial charge is 0.171 e. The fraction of sp³-hybridized carbons (Fsp3) is 1.00. The lowest BCUT2D eigenvalue weighted by molar-refractivity contribution is -0.265. The van der Waals surface area contributed by atoms with Crippen LogP contribution in [0, 0.1) is 22.7 Å². The molecule has 1 heterocycles. The predicted molar refractivity (Wildman–Crippen MR) is 74.7 cm³/mol. The van der Waals surface area contributed by atoms with Crippen molar-refractivity contribution < 1.29 is 9.47 Å². The molecule has 4 fully saturated rings. The molecule has 2 bridgehead atoms. The highest BCUT2D eigenvalue weighted by Gasteiger charge is 2.64. The molecule has 3 aliphatic carbocycles. The number of rotatable bonds is 2. The van der Waals surface area contributed by atoms with Crippen molar-refractivity contribution in [3.8, 4) is 0 Å². The lowest BCUT2D eigenvalue weighted by atomic mass is 9.70. The van der Waals surface area contributed by atoms with E-state index >= 15 is 0 Å². The Morgan fingerprint density at radius 2 is 1.84 bits per heavy atom. The molecule has 0 spiro atoms. The maximum atomic E-state index is 6.73. The summed E-state index contributed by atoms with van der Waals surface area (Å²) in [6.45, 7) is 8.32. The van der Waals surface area contributed by atoms with Crippen LogP contribution in [0.3, 0.4) is 0 Å². The number of hydrogen-bond donors (Lipinski definition) is 0. The zero-order valence-corrected chi connectivity index (χ0v) is 12.7. The molecule has 5 unspecified atom stereocenters. The van der Waals surface area contributed by atoms with Gasteiger partial charge in [0.15, 0.2) is 5.79 Å². The highest BCUT2D eigenvalue weighted by molar-refractivity contribution is 5.12. The van der Waals surface area contributed by atoms with Crippen molar-refractivity contribution in [2.75, 3.05) is 6.61 Å². The largest absolute Gasteiger partial charge is 0.350 e. The molecule has 1 saturated heterocycles. The second kappa shape index (κ2) is 3.76. The third kappa shape index (κ3) is 1.45. The molecule has 0 radical (unpaired) electrons. The molecule has 2 nitrogen and oxygen atoms in total. The van der Waals surface area contributed by atoms with Crippen LogP contribution in [0.4, 0.5) is 0 Å². The van der Waals surface area contributed by atoms with Gasteiger partial charge in [-0.15, -0.1) is 0 Å². The van der Waals surface area contributed by atoms with E-state index in [1.165, 1.54) is 38.5 Å². The third-order valence-corrected chi connectivity index (χ3v) is 7.57. The van der Waals surface area contributed by atoms with E-state index in [1.807, 2.05) is 0 Å². The van der Waals surface area contributed by atoms with Crippen LogP contribution >= 0.6 is 0 Å². The first-order valence-electron chi connectivity index (χ1n) is 8.30. The molecule has 0 aromatic rings. The molecule has 0 aromatic carbocycles. The van der Waals surface area contributed by atoms with Gasteiger partial charge in [0, 0.05) is 12.3 Å². The summed E-state index contributed by atoms with van der Waals surface area (Å²) in [4.78, 5) is 0. The number of hydrogen-bond acceptors (Lipinski definition) is 2. The molecular formula is C17H28O2. The average Bonchev–Trinajstić information content (AvgIpc) is 2.99. The van der Waals surface area contributed by atoms with E-state index in [9.17, 15) is 0 Å². The third-order valence-electron chi connectivity index (χ3n) is 7.57. The topological polar surface area (TPSA) is 18.5 Å². The van der Waals surface area contributed by atoms with Crippen molar-refractivity contribution in [2.45, 2.75) is 77.6 Å². The number of ether oxygens (including phenoxy) is 2. The van der Waals surface area contributed by atoms with Crippen molar-refractivity contribution >= 4 is 0 Å². The van der Waals surface area contributed by atoms with Crippen LogP contribution in [-0.2, 0) is 9.47 Å². The van der Waals surface area contributed by atoms with Crippen LogP contribution < -0.4 is 0 Å². The fourth-order valence-electron chi connectivity index (χ4n) is 5.69. The van der Waals surface area contributed by atoms with Gasteiger partial charge < -0.3 is 9.47 Å². The molecule has 19 heavy (non-hydrogen) atoms. The van der Waals surface area contributed by atoms with Crippen LogP contribution in [0.1, 0.15) is 65.7 Å². The zero-order chi connectivity index (χ0) is 13.3. The molecule has 0 amide bonds. The fourth-order valence-corrected chi connectivity index (χ4v) is 5.69. The van der Waals surface area contributed by atoms with Gasteiger partial charge in [-0.2, -0.15) is 0 Å². The Kier molecular flexibility index (Phi) is 2.50. The quantitative estimate of drug-likeness (QED) is 0.746. The molecule has 4 aliphatic rings. The molecule has 0 aromatic heterocycles. The van der Waals surface area contributed by atoms with Gasteiger partial charge in [0.05, 0.1) is 12.7 Å². The highest BCUT2D eigenvalue weighted by Crippen LogP contribution is 2.67. The van der Waals surface area contributed by atoms with E-state index < -0.39 is 0 Å². The van der Waals surface area contributed by atoms with Crippen molar-refractivity contribution in [1.29, 1.82) is 0 Å². The first-order chi connectivity index (χ1) is 8.98. The Hall–Kier alpha value is -0.0800. The molecule has 3 saturated carbocycles. The molecule has 1 aliphatic heterocycles. The van der Waals surface area contributed by atoms with Crippen molar-refractivity contribution in [3.63, 3.8) is 0 Å².